The second-order valence-corrected chi connectivity index (χ2v) is 5.05. The Morgan fingerprint density at radius 3 is 2.61 bits per heavy atom. The molecule has 0 saturated heterocycles. The molecule has 0 bridgehead atoms. The maximum Gasteiger partial charge on any atom is 0.345 e. The molecule has 0 atom stereocenters. The lowest BCUT2D eigenvalue weighted by atomic mass is 10.1. The summed E-state index contributed by atoms with van der Waals surface area (Å²) in [6, 6.07) is 11.3. The summed E-state index contributed by atoms with van der Waals surface area (Å²) < 4.78 is 10.4. The van der Waals surface area contributed by atoms with Crippen molar-refractivity contribution in [2.75, 3.05) is 13.2 Å². The van der Waals surface area contributed by atoms with Gasteiger partial charge in [0.05, 0.1) is 9.95 Å². The molecule has 23 heavy (non-hydrogen) atoms. The summed E-state index contributed by atoms with van der Waals surface area (Å²) in [5.41, 5.74) is 0.161. The van der Waals surface area contributed by atoms with Crippen LogP contribution >= 0.6 is 11.6 Å². The van der Waals surface area contributed by atoms with Gasteiger partial charge in [-0.05, 0) is 24.6 Å². The SMILES string of the molecule is Cc1cccc([N+](=O)[O-])c1C(=O)OCCOc1ccccc1Cl. The number of benzene rings is 2. The van der Waals surface area contributed by atoms with Gasteiger partial charge in [0, 0.05) is 6.07 Å². The number of nitro groups is 1. The molecule has 0 N–H and O–H groups in total. The third-order valence-electron chi connectivity index (χ3n) is 3.06. The summed E-state index contributed by atoms with van der Waals surface area (Å²) >= 11 is 5.93. The zero-order valence-electron chi connectivity index (χ0n) is 12.3. The number of ether oxygens (including phenoxy) is 2. The van der Waals surface area contributed by atoms with Gasteiger partial charge in [0.2, 0.25) is 0 Å². The number of carbonyl (C=O) groups is 1. The van der Waals surface area contributed by atoms with Crippen molar-refractivity contribution in [1.29, 1.82) is 0 Å². The van der Waals surface area contributed by atoms with Crippen LogP contribution in [0.4, 0.5) is 5.69 Å². The number of carbonyl (C=O) groups excluding carboxylic acids is 1. The van der Waals surface area contributed by atoms with Gasteiger partial charge >= 0.3 is 5.97 Å². The molecule has 6 nitrogen and oxygen atoms in total. The second-order valence-electron chi connectivity index (χ2n) is 4.64. The first-order valence-corrected chi connectivity index (χ1v) is 7.17. The van der Waals surface area contributed by atoms with Crippen molar-refractivity contribution in [2.45, 2.75) is 6.92 Å². The Labute approximate surface area is 137 Å². The van der Waals surface area contributed by atoms with Gasteiger partial charge in [-0.2, -0.15) is 0 Å². The van der Waals surface area contributed by atoms with Gasteiger partial charge in [-0.1, -0.05) is 35.9 Å². The minimum absolute atomic E-state index is 0.0461. The van der Waals surface area contributed by atoms with Crippen LogP contribution in [0.2, 0.25) is 5.02 Å². The van der Waals surface area contributed by atoms with E-state index in [-0.39, 0.29) is 24.5 Å². The number of esters is 1. The third-order valence-corrected chi connectivity index (χ3v) is 3.37. The van der Waals surface area contributed by atoms with E-state index in [9.17, 15) is 14.9 Å². The van der Waals surface area contributed by atoms with E-state index in [1.165, 1.54) is 12.1 Å². The molecule has 0 aromatic heterocycles. The summed E-state index contributed by atoms with van der Waals surface area (Å²) in [6.07, 6.45) is 0. The molecule has 0 heterocycles. The van der Waals surface area contributed by atoms with Crippen molar-refractivity contribution in [3.63, 3.8) is 0 Å². The van der Waals surface area contributed by atoms with E-state index in [2.05, 4.69) is 0 Å². The van der Waals surface area contributed by atoms with Crippen molar-refractivity contribution >= 4 is 23.3 Å². The Hall–Kier alpha value is -2.60. The van der Waals surface area contributed by atoms with E-state index >= 15 is 0 Å². The molecule has 0 aliphatic carbocycles. The maximum atomic E-state index is 12.1. The van der Waals surface area contributed by atoms with Crippen LogP contribution < -0.4 is 4.74 Å². The van der Waals surface area contributed by atoms with E-state index in [4.69, 9.17) is 21.1 Å². The molecule has 0 spiro atoms. The lowest BCUT2D eigenvalue weighted by Crippen LogP contribution is -2.15. The topological polar surface area (TPSA) is 78.7 Å². The fourth-order valence-electron chi connectivity index (χ4n) is 1.99. The normalized spacial score (nSPS) is 10.2. The predicted molar refractivity (Wildman–Crippen MR) is 85.1 cm³/mol. The predicted octanol–water partition coefficient (Wildman–Crippen LogP) is 3.79. The van der Waals surface area contributed by atoms with Crippen LogP contribution in [0, 0.1) is 17.0 Å². The molecule has 2 aromatic carbocycles. The summed E-state index contributed by atoms with van der Waals surface area (Å²) in [6.45, 7) is 1.66. The molecular formula is C16H14ClNO5. The van der Waals surface area contributed by atoms with Crippen molar-refractivity contribution < 1.29 is 19.2 Å². The molecule has 0 fully saturated rings. The molecular weight excluding hydrogens is 322 g/mol. The molecule has 0 aliphatic heterocycles. The standard InChI is InChI=1S/C16H14ClNO5/c1-11-5-4-7-13(18(20)21)15(11)16(19)23-10-9-22-14-8-3-2-6-12(14)17/h2-8H,9-10H2,1H3. The van der Waals surface area contributed by atoms with E-state index in [0.29, 0.717) is 16.3 Å². The van der Waals surface area contributed by atoms with Crippen LogP contribution in [-0.4, -0.2) is 24.1 Å². The van der Waals surface area contributed by atoms with Crippen LogP contribution in [0.3, 0.4) is 0 Å². The zero-order valence-corrected chi connectivity index (χ0v) is 13.1. The van der Waals surface area contributed by atoms with Crippen LogP contribution in [0.1, 0.15) is 15.9 Å². The van der Waals surface area contributed by atoms with Gasteiger partial charge in [0.25, 0.3) is 5.69 Å². The van der Waals surface area contributed by atoms with Gasteiger partial charge < -0.3 is 9.47 Å². The van der Waals surface area contributed by atoms with Crippen LogP contribution in [-0.2, 0) is 4.74 Å². The quantitative estimate of drug-likeness (QED) is 0.347. The van der Waals surface area contributed by atoms with Crippen molar-refractivity contribution in [3.05, 3.63) is 68.7 Å². The fraction of sp³-hybridized carbons (Fsp3) is 0.188. The number of nitro benzene ring substituents is 1. The number of aryl methyl sites for hydroxylation is 1. The highest BCUT2D eigenvalue weighted by Crippen LogP contribution is 2.24. The number of halogens is 1. The first-order chi connectivity index (χ1) is 11.0. The van der Waals surface area contributed by atoms with Gasteiger partial charge in [0.1, 0.15) is 24.5 Å². The first kappa shape index (κ1) is 16.8. The molecule has 7 heteroatoms. The van der Waals surface area contributed by atoms with Gasteiger partial charge in [-0.3, -0.25) is 10.1 Å². The Kier molecular flexibility index (Phi) is 5.54. The van der Waals surface area contributed by atoms with Crippen LogP contribution in [0.25, 0.3) is 0 Å². The van der Waals surface area contributed by atoms with Crippen molar-refractivity contribution in [3.8, 4) is 5.75 Å². The molecule has 2 rings (SSSR count). The Morgan fingerprint density at radius 2 is 1.91 bits per heavy atom. The number of para-hydroxylation sites is 1. The van der Waals surface area contributed by atoms with Gasteiger partial charge in [-0.15, -0.1) is 0 Å². The molecule has 120 valence electrons. The Morgan fingerprint density at radius 1 is 1.17 bits per heavy atom. The van der Waals surface area contributed by atoms with E-state index in [0.717, 1.165) is 0 Å². The van der Waals surface area contributed by atoms with Gasteiger partial charge in [-0.25, -0.2) is 4.79 Å². The van der Waals surface area contributed by atoms with Crippen LogP contribution in [0.15, 0.2) is 42.5 Å². The first-order valence-electron chi connectivity index (χ1n) is 6.79. The molecule has 0 saturated carbocycles. The highest BCUT2D eigenvalue weighted by molar-refractivity contribution is 6.32. The van der Waals surface area contributed by atoms with Crippen LogP contribution in [0.5, 0.6) is 5.75 Å². The lowest BCUT2D eigenvalue weighted by molar-refractivity contribution is -0.385. The van der Waals surface area contributed by atoms with Crippen molar-refractivity contribution in [2.24, 2.45) is 0 Å². The average molecular weight is 336 g/mol. The summed E-state index contributed by atoms with van der Waals surface area (Å²) in [7, 11) is 0. The molecule has 0 radical (unpaired) electrons. The minimum Gasteiger partial charge on any atom is -0.488 e. The van der Waals surface area contributed by atoms with E-state index in [1.54, 1.807) is 37.3 Å². The van der Waals surface area contributed by atoms with E-state index in [1.807, 2.05) is 0 Å². The highest BCUT2D eigenvalue weighted by atomic mass is 35.5. The number of nitrogens with zero attached hydrogens (tertiary/aromatic N) is 1. The minimum atomic E-state index is -0.752. The molecule has 2 aromatic rings. The summed E-state index contributed by atoms with van der Waals surface area (Å²) in [5, 5.41) is 11.4. The molecule has 0 amide bonds. The molecule has 0 unspecified atom stereocenters. The smallest absolute Gasteiger partial charge is 0.345 e. The van der Waals surface area contributed by atoms with Gasteiger partial charge in [0.15, 0.2) is 0 Å². The van der Waals surface area contributed by atoms with Crippen molar-refractivity contribution in [1.82, 2.24) is 0 Å². The summed E-state index contributed by atoms with van der Waals surface area (Å²) in [4.78, 5) is 22.4. The van der Waals surface area contributed by atoms with E-state index < -0.39 is 10.9 Å². The number of hydrogen-bond acceptors (Lipinski definition) is 5. The largest absolute Gasteiger partial charge is 0.488 e. The average Bonchev–Trinajstić information content (AvgIpc) is 2.52. The third kappa shape index (κ3) is 4.20. The fourth-order valence-corrected chi connectivity index (χ4v) is 2.18. The zero-order chi connectivity index (χ0) is 16.8. The number of hydrogen-bond donors (Lipinski definition) is 0. The lowest BCUT2D eigenvalue weighted by Gasteiger charge is -2.09. The molecule has 0 aliphatic rings. The Bertz CT molecular complexity index is 732. The monoisotopic (exact) mass is 335 g/mol. The number of rotatable bonds is 6. The highest BCUT2D eigenvalue weighted by Gasteiger charge is 2.23. The second kappa shape index (κ2) is 7.60. The maximum absolute atomic E-state index is 12.1. The summed E-state index contributed by atoms with van der Waals surface area (Å²) in [5.74, 6) is -0.273. The Balaban J connectivity index is 1.96.